The van der Waals surface area contributed by atoms with E-state index in [9.17, 15) is 0 Å². The molecule has 0 unspecified atom stereocenters. The number of benzene rings is 6. The Labute approximate surface area is 253 Å². The molecule has 6 aromatic carbocycles. The monoisotopic (exact) mass is 549 g/mol. The molecule has 0 N–H and O–H groups in total. The van der Waals surface area contributed by atoms with E-state index in [1.807, 2.05) is 18.2 Å². The summed E-state index contributed by atoms with van der Waals surface area (Å²) in [7, 11) is 0. The van der Waals surface area contributed by atoms with Crippen molar-refractivity contribution in [2.45, 2.75) is 0 Å². The van der Waals surface area contributed by atoms with Gasteiger partial charge in [-0.05, 0) is 86.5 Å². The molecule has 1 aromatic heterocycles. The standard InChI is InChI=1S/C42H31N/c1-4-29-7-13-32(14-8-29)33-19-23-38(24-20-33)43-41-25-21-36(34-15-9-30(5-2)10-16-34)27-39(41)40-28-37(22-26-42(40)43)35-17-11-31(6-3)12-18-35/h4-28H,1-3H2. The van der Waals surface area contributed by atoms with Gasteiger partial charge >= 0.3 is 0 Å². The summed E-state index contributed by atoms with van der Waals surface area (Å²) in [6.45, 7) is 11.7. The minimum absolute atomic E-state index is 1.12. The first-order valence-corrected chi connectivity index (χ1v) is 14.5. The van der Waals surface area contributed by atoms with Crippen molar-refractivity contribution in [1.82, 2.24) is 4.57 Å². The fraction of sp³-hybridized carbons (Fsp3) is 0. The van der Waals surface area contributed by atoms with Crippen LogP contribution in [-0.2, 0) is 0 Å². The van der Waals surface area contributed by atoms with E-state index in [0.717, 1.165) is 22.4 Å². The van der Waals surface area contributed by atoms with E-state index in [0.29, 0.717) is 0 Å². The third-order valence-electron chi connectivity index (χ3n) is 8.33. The number of rotatable bonds is 7. The van der Waals surface area contributed by atoms with Crippen molar-refractivity contribution < 1.29 is 0 Å². The van der Waals surface area contributed by atoms with Crippen LogP contribution in [-0.4, -0.2) is 4.57 Å². The van der Waals surface area contributed by atoms with E-state index in [2.05, 4.69) is 158 Å². The van der Waals surface area contributed by atoms with E-state index < -0.39 is 0 Å². The first kappa shape index (κ1) is 26.3. The van der Waals surface area contributed by atoms with E-state index in [1.165, 1.54) is 55.2 Å². The van der Waals surface area contributed by atoms with Gasteiger partial charge in [0.25, 0.3) is 0 Å². The third kappa shape index (κ3) is 4.81. The van der Waals surface area contributed by atoms with Gasteiger partial charge in [0.1, 0.15) is 0 Å². The first-order chi connectivity index (χ1) is 21.1. The average molecular weight is 550 g/mol. The summed E-state index contributed by atoms with van der Waals surface area (Å²) in [5, 5.41) is 2.46. The summed E-state index contributed by atoms with van der Waals surface area (Å²) in [6, 6.07) is 48.2. The maximum absolute atomic E-state index is 3.90. The van der Waals surface area contributed by atoms with Crippen molar-refractivity contribution in [3.05, 3.63) is 170 Å². The van der Waals surface area contributed by atoms with Gasteiger partial charge in [-0.25, -0.2) is 0 Å². The molecule has 1 heteroatoms. The first-order valence-electron chi connectivity index (χ1n) is 14.5. The summed E-state index contributed by atoms with van der Waals surface area (Å²) < 4.78 is 2.38. The zero-order valence-corrected chi connectivity index (χ0v) is 24.0. The van der Waals surface area contributed by atoms with Crippen LogP contribution in [0.15, 0.2) is 153 Å². The molecule has 204 valence electrons. The Bertz CT molecular complexity index is 2010. The fourth-order valence-corrected chi connectivity index (χ4v) is 5.90. The molecule has 43 heavy (non-hydrogen) atoms. The van der Waals surface area contributed by atoms with Gasteiger partial charge in [-0.1, -0.05) is 135 Å². The lowest BCUT2D eigenvalue weighted by molar-refractivity contribution is 1.18. The van der Waals surface area contributed by atoms with Crippen LogP contribution in [0.2, 0.25) is 0 Å². The van der Waals surface area contributed by atoms with Crippen molar-refractivity contribution >= 4 is 40.0 Å². The zero-order chi connectivity index (χ0) is 29.3. The van der Waals surface area contributed by atoms with Crippen molar-refractivity contribution in [3.8, 4) is 39.1 Å². The van der Waals surface area contributed by atoms with Crippen molar-refractivity contribution in [3.63, 3.8) is 0 Å². The number of nitrogens with zero attached hydrogens (tertiary/aromatic N) is 1. The van der Waals surface area contributed by atoms with E-state index in [1.54, 1.807) is 0 Å². The highest BCUT2D eigenvalue weighted by Crippen LogP contribution is 2.37. The molecule has 0 saturated carbocycles. The van der Waals surface area contributed by atoms with Gasteiger partial charge in [0.2, 0.25) is 0 Å². The zero-order valence-electron chi connectivity index (χ0n) is 24.0. The summed E-state index contributed by atoms with van der Waals surface area (Å²) in [4.78, 5) is 0. The molecule has 1 heterocycles. The average Bonchev–Trinajstić information content (AvgIpc) is 3.41. The van der Waals surface area contributed by atoms with E-state index in [-0.39, 0.29) is 0 Å². The van der Waals surface area contributed by atoms with Crippen LogP contribution in [0.1, 0.15) is 16.7 Å². The molecule has 7 rings (SSSR count). The number of fused-ring (bicyclic) bond motifs is 3. The molecule has 0 radical (unpaired) electrons. The van der Waals surface area contributed by atoms with Gasteiger partial charge in [0.15, 0.2) is 0 Å². The lowest BCUT2D eigenvalue weighted by Crippen LogP contribution is -1.94. The van der Waals surface area contributed by atoms with Gasteiger partial charge in [-0.15, -0.1) is 0 Å². The maximum Gasteiger partial charge on any atom is 0.0541 e. The Kier molecular flexibility index (Phi) is 6.69. The topological polar surface area (TPSA) is 4.93 Å². The van der Waals surface area contributed by atoms with Gasteiger partial charge < -0.3 is 4.57 Å². The Morgan fingerprint density at radius 3 is 1.00 bits per heavy atom. The van der Waals surface area contributed by atoms with Crippen molar-refractivity contribution in [2.24, 2.45) is 0 Å². The molecular formula is C42H31N. The summed E-state index contributed by atoms with van der Waals surface area (Å²) >= 11 is 0. The summed E-state index contributed by atoms with van der Waals surface area (Å²) in [6.07, 6.45) is 5.63. The normalized spacial score (nSPS) is 11.1. The molecule has 0 aliphatic heterocycles. The van der Waals surface area contributed by atoms with Crippen LogP contribution in [0.4, 0.5) is 0 Å². The largest absolute Gasteiger partial charge is 0.309 e. The fourth-order valence-electron chi connectivity index (χ4n) is 5.90. The second kappa shape index (κ2) is 11.0. The lowest BCUT2D eigenvalue weighted by Gasteiger charge is -2.10. The predicted molar refractivity (Wildman–Crippen MR) is 187 cm³/mol. The van der Waals surface area contributed by atoms with Crippen LogP contribution in [0.5, 0.6) is 0 Å². The van der Waals surface area contributed by atoms with Crippen LogP contribution in [0, 0.1) is 0 Å². The maximum atomic E-state index is 3.90. The van der Waals surface area contributed by atoms with Gasteiger partial charge in [0.05, 0.1) is 11.0 Å². The van der Waals surface area contributed by atoms with Crippen LogP contribution >= 0.6 is 0 Å². The molecule has 0 aliphatic carbocycles. The van der Waals surface area contributed by atoms with Gasteiger partial charge in [-0.2, -0.15) is 0 Å². The SMILES string of the molecule is C=Cc1ccc(-c2ccc(-n3c4ccc(-c5ccc(C=C)cc5)cc4c4cc(-c5ccc(C=C)cc5)ccc43)cc2)cc1. The molecule has 0 spiro atoms. The number of aromatic nitrogens is 1. The predicted octanol–water partition coefficient (Wildman–Crippen LogP) is 11.7. The molecular weight excluding hydrogens is 518 g/mol. The Morgan fingerprint density at radius 2 is 0.651 bits per heavy atom. The van der Waals surface area contributed by atoms with Crippen LogP contribution in [0.25, 0.3) is 79.1 Å². The smallest absolute Gasteiger partial charge is 0.0541 e. The summed E-state index contributed by atoms with van der Waals surface area (Å²) in [5.41, 5.74) is 14.0. The lowest BCUT2D eigenvalue weighted by atomic mass is 9.99. The van der Waals surface area contributed by atoms with Crippen LogP contribution < -0.4 is 0 Å². The van der Waals surface area contributed by atoms with Crippen LogP contribution in [0.3, 0.4) is 0 Å². The molecule has 0 atom stereocenters. The van der Waals surface area contributed by atoms with Crippen molar-refractivity contribution in [1.29, 1.82) is 0 Å². The quantitative estimate of drug-likeness (QED) is 0.186. The van der Waals surface area contributed by atoms with Crippen molar-refractivity contribution in [2.75, 3.05) is 0 Å². The minimum atomic E-state index is 1.12. The number of hydrogen-bond donors (Lipinski definition) is 0. The van der Waals surface area contributed by atoms with Gasteiger partial charge in [0, 0.05) is 16.5 Å². The third-order valence-corrected chi connectivity index (χ3v) is 8.33. The second-order valence-electron chi connectivity index (χ2n) is 10.8. The van der Waals surface area contributed by atoms with E-state index >= 15 is 0 Å². The Balaban J connectivity index is 1.39. The van der Waals surface area contributed by atoms with E-state index in [4.69, 9.17) is 0 Å². The molecule has 0 amide bonds. The molecule has 1 nitrogen and oxygen atoms in total. The summed E-state index contributed by atoms with van der Waals surface area (Å²) in [5.74, 6) is 0. The molecule has 0 saturated heterocycles. The second-order valence-corrected chi connectivity index (χ2v) is 10.8. The minimum Gasteiger partial charge on any atom is -0.309 e. The number of hydrogen-bond acceptors (Lipinski definition) is 0. The molecule has 0 aliphatic rings. The molecule has 0 bridgehead atoms. The highest BCUT2D eigenvalue weighted by molar-refractivity contribution is 6.11. The molecule has 7 aromatic rings. The Morgan fingerprint density at radius 1 is 0.349 bits per heavy atom. The highest BCUT2D eigenvalue weighted by atomic mass is 15.0. The highest BCUT2D eigenvalue weighted by Gasteiger charge is 2.15. The molecule has 0 fully saturated rings. The Hall–Kier alpha value is -5.66. The van der Waals surface area contributed by atoms with Gasteiger partial charge in [-0.3, -0.25) is 0 Å².